The first kappa shape index (κ1) is 13.0. The Hall–Kier alpha value is -1.42. The van der Waals surface area contributed by atoms with Crippen LogP contribution in [-0.2, 0) is 4.79 Å². The number of rotatable bonds is 2. The number of piperidine rings is 1. The predicted octanol–water partition coefficient (Wildman–Crippen LogP) is 1.72. The summed E-state index contributed by atoms with van der Waals surface area (Å²) in [6.07, 6.45) is 1.67. The summed E-state index contributed by atoms with van der Waals surface area (Å²) in [7, 11) is 1.64. The molecule has 0 bridgehead atoms. The SMILES string of the molecule is CNC(=O)C1CC(c2cccc(F)c2C)CCN1. The number of benzene rings is 1. The molecule has 1 saturated heterocycles. The van der Waals surface area contributed by atoms with Gasteiger partial charge in [0.15, 0.2) is 0 Å². The van der Waals surface area contributed by atoms with Crippen molar-refractivity contribution in [2.45, 2.75) is 31.7 Å². The van der Waals surface area contributed by atoms with Crippen LogP contribution in [0.5, 0.6) is 0 Å². The largest absolute Gasteiger partial charge is 0.358 e. The Labute approximate surface area is 107 Å². The average Bonchev–Trinajstić information content (AvgIpc) is 2.41. The van der Waals surface area contributed by atoms with Crippen molar-refractivity contribution in [2.75, 3.05) is 13.6 Å². The van der Waals surface area contributed by atoms with Crippen LogP contribution in [0.15, 0.2) is 18.2 Å². The van der Waals surface area contributed by atoms with Gasteiger partial charge in [0.05, 0.1) is 6.04 Å². The van der Waals surface area contributed by atoms with Gasteiger partial charge in [0.25, 0.3) is 0 Å². The first-order valence-corrected chi connectivity index (χ1v) is 6.33. The van der Waals surface area contributed by atoms with Crippen molar-refractivity contribution in [3.8, 4) is 0 Å². The summed E-state index contributed by atoms with van der Waals surface area (Å²) < 4.78 is 13.6. The Morgan fingerprint density at radius 1 is 1.50 bits per heavy atom. The summed E-state index contributed by atoms with van der Waals surface area (Å²) in [5.41, 5.74) is 1.74. The van der Waals surface area contributed by atoms with E-state index >= 15 is 0 Å². The van der Waals surface area contributed by atoms with Gasteiger partial charge in [-0.1, -0.05) is 12.1 Å². The van der Waals surface area contributed by atoms with Gasteiger partial charge in [0.2, 0.25) is 5.91 Å². The molecule has 4 heteroatoms. The first-order valence-electron chi connectivity index (χ1n) is 6.33. The van der Waals surface area contributed by atoms with Gasteiger partial charge in [-0.05, 0) is 49.4 Å². The van der Waals surface area contributed by atoms with E-state index in [2.05, 4.69) is 10.6 Å². The van der Waals surface area contributed by atoms with Crippen LogP contribution in [0.25, 0.3) is 0 Å². The molecule has 0 radical (unpaired) electrons. The topological polar surface area (TPSA) is 41.1 Å². The van der Waals surface area contributed by atoms with Gasteiger partial charge in [-0.15, -0.1) is 0 Å². The Kier molecular flexibility index (Phi) is 3.97. The van der Waals surface area contributed by atoms with Crippen molar-refractivity contribution in [3.63, 3.8) is 0 Å². The van der Waals surface area contributed by atoms with Gasteiger partial charge >= 0.3 is 0 Å². The lowest BCUT2D eigenvalue weighted by Gasteiger charge is -2.30. The molecule has 0 aliphatic carbocycles. The number of carbonyl (C=O) groups is 1. The van der Waals surface area contributed by atoms with E-state index in [4.69, 9.17) is 0 Å². The maximum Gasteiger partial charge on any atom is 0.236 e. The highest BCUT2D eigenvalue weighted by molar-refractivity contribution is 5.81. The summed E-state index contributed by atoms with van der Waals surface area (Å²) in [5, 5.41) is 5.85. The fourth-order valence-electron chi connectivity index (χ4n) is 2.64. The predicted molar refractivity (Wildman–Crippen MR) is 69.0 cm³/mol. The molecule has 2 N–H and O–H groups in total. The fourth-order valence-corrected chi connectivity index (χ4v) is 2.64. The van der Waals surface area contributed by atoms with Gasteiger partial charge in [-0.3, -0.25) is 4.79 Å². The highest BCUT2D eigenvalue weighted by Crippen LogP contribution is 2.30. The van der Waals surface area contributed by atoms with Crippen LogP contribution in [0.2, 0.25) is 0 Å². The van der Waals surface area contributed by atoms with Gasteiger partial charge in [-0.2, -0.15) is 0 Å². The lowest BCUT2D eigenvalue weighted by Crippen LogP contribution is -2.47. The fraction of sp³-hybridized carbons (Fsp3) is 0.500. The van der Waals surface area contributed by atoms with Crippen molar-refractivity contribution < 1.29 is 9.18 Å². The molecule has 98 valence electrons. The molecule has 1 heterocycles. The molecule has 2 atom stereocenters. The quantitative estimate of drug-likeness (QED) is 0.839. The lowest BCUT2D eigenvalue weighted by atomic mass is 9.84. The van der Waals surface area contributed by atoms with Crippen LogP contribution in [0, 0.1) is 12.7 Å². The zero-order chi connectivity index (χ0) is 13.1. The first-order chi connectivity index (χ1) is 8.63. The molecule has 2 unspecified atom stereocenters. The zero-order valence-corrected chi connectivity index (χ0v) is 10.8. The molecule has 0 saturated carbocycles. The maximum absolute atomic E-state index is 13.6. The molecular formula is C14H19FN2O. The minimum Gasteiger partial charge on any atom is -0.358 e. The second-order valence-electron chi connectivity index (χ2n) is 4.80. The highest BCUT2D eigenvalue weighted by atomic mass is 19.1. The minimum absolute atomic E-state index is 0.00811. The van der Waals surface area contributed by atoms with E-state index in [0.29, 0.717) is 5.56 Å². The molecule has 3 nitrogen and oxygen atoms in total. The molecule has 18 heavy (non-hydrogen) atoms. The Morgan fingerprint density at radius 2 is 2.28 bits per heavy atom. The molecule has 0 aromatic heterocycles. The van der Waals surface area contributed by atoms with E-state index in [0.717, 1.165) is 24.9 Å². The molecule has 1 aromatic carbocycles. The lowest BCUT2D eigenvalue weighted by molar-refractivity contribution is -0.123. The second-order valence-corrected chi connectivity index (χ2v) is 4.80. The van der Waals surface area contributed by atoms with Crippen molar-refractivity contribution in [1.82, 2.24) is 10.6 Å². The number of likely N-dealkylation sites (N-methyl/N-ethyl adjacent to an activating group) is 1. The summed E-state index contributed by atoms with van der Waals surface area (Å²) in [6, 6.07) is 5.02. The molecule has 1 aliphatic rings. The molecule has 1 fully saturated rings. The van der Waals surface area contributed by atoms with Crippen LogP contribution in [-0.4, -0.2) is 25.5 Å². The molecule has 2 rings (SSSR count). The third kappa shape index (κ3) is 2.53. The van der Waals surface area contributed by atoms with E-state index in [1.165, 1.54) is 6.07 Å². The van der Waals surface area contributed by atoms with E-state index in [1.807, 2.05) is 13.0 Å². The number of hydrogen-bond donors (Lipinski definition) is 2. The maximum atomic E-state index is 13.6. The van der Waals surface area contributed by atoms with Gasteiger partial charge in [0, 0.05) is 7.05 Å². The smallest absolute Gasteiger partial charge is 0.236 e. The van der Waals surface area contributed by atoms with E-state index in [9.17, 15) is 9.18 Å². The summed E-state index contributed by atoms with van der Waals surface area (Å²) in [6.45, 7) is 2.60. The third-order valence-electron chi connectivity index (χ3n) is 3.72. The van der Waals surface area contributed by atoms with Crippen LogP contribution >= 0.6 is 0 Å². The number of hydrogen-bond acceptors (Lipinski definition) is 2. The van der Waals surface area contributed by atoms with Crippen LogP contribution in [0.4, 0.5) is 4.39 Å². The van der Waals surface area contributed by atoms with E-state index in [1.54, 1.807) is 13.1 Å². The molecule has 0 spiro atoms. The summed E-state index contributed by atoms with van der Waals surface area (Å²) in [4.78, 5) is 11.6. The van der Waals surface area contributed by atoms with Crippen LogP contribution in [0.3, 0.4) is 0 Å². The minimum atomic E-state index is -0.170. The highest BCUT2D eigenvalue weighted by Gasteiger charge is 2.28. The zero-order valence-electron chi connectivity index (χ0n) is 10.8. The Balaban J connectivity index is 2.18. The van der Waals surface area contributed by atoms with Crippen LogP contribution < -0.4 is 10.6 Å². The number of carbonyl (C=O) groups excluding carboxylic acids is 1. The normalized spacial score (nSPS) is 23.7. The Bertz CT molecular complexity index is 447. The Morgan fingerprint density at radius 3 is 3.00 bits per heavy atom. The number of halogens is 1. The molecule has 1 aromatic rings. The monoisotopic (exact) mass is 250 g/mol. The second kappa shape index (κ2) is 5.48. The van der Waals surface area contributed by atoms with Crippen molar-refractivity contribution in [2.24, 2.45) is 0 Å². The van der Waals surface area contributed by atoms with Gasteiger partial charge < -0.3 is 10.6 Å². The molecular weight excluding hydrogens is 231 g/mol. The molecule has 1 amide bonds. The summed E-state index contributed by atoms with van der Waals surface area (Å²) in [5.74, 6) is 0.0977. The molecule has 1 aliphatic heterocycles. The third-order valence-corrected chi connectivity index (χ3v) is 3.72. The van der Waals surface area contributed by atoms with E-state index < -0.39 is 0 Å². The van der Waals surface area contributed by atoms with Crippen molar-refractivity contribution >= 4 is 5.91 Å². The standard InChI is InChI=1S/C14H19FN2O/c1-9-11(4-3-5-12(9)15)10-6-7-17-13(8-10)14(18)16-2/h3-5,10,13,17H,6-8H2,1-2H3,(H,16,18). The summed E-state index contributed by atoms with van der Waals surface area (Å²) >= 11 is 0. The number of nitrogens with one attached hydrogen (secondary N) is 2. The van der Waals surface area contributed by atoms with Crippen molar-refractivity contribution in [1.29, 1.82) is 0 Å². The average molecular weight is 250 g/mol. The van der Waals surface area contributed by atoms with Gasteiger partial charge in [0.1, 0.15) is 5.82 Å². The van der Waals surface area contributed by atoms with E-state index in [-0.39, 0.29) is 23.7 Å². The van der Waals surface area contributed by atoms with Crippen molar-refractivity contribution in [3.05, 3.63) is 35.1 Å². The number of amides is 1. The van der Waals surface area contributed by atoms with Crippen LogP contribution in [0.1, 0.15) is 29.9 Å². The van der Waals surface area contributed by atoms with Gasteiger partial charge in [-0.25, -0.2) is 4.39 Å².